The van der Waals surface area contributed by atoms with Crippen LogP contribution in [0.15, 0.2) is 12.3 Å². The minimum atomic E-state index is -0.870. The summed E-state index contributed by atoms with van der Waals surface area (Å²) in [5.41, 5.74) is 0. The molecule has 0 aromatic rings. The molecule has 0 aliphatic carbocycles. The molecule has 0 aromatic heterocycles. The van der Waals surface area contributed by atoms with Crippen LogP contribution in [-0.2, 0) is 9.59 Å². The topological polar surface area (TPSA) is 115 Å². The maximum atomic E-state index is 9.90. The maximum Gasteiger partial charge on any atom is 0.303 e. The van der Waals surface area contributed by atoms with Crippen molar-refractivity contribution in [3.05, 3.63) is 12.3 Å². The number of aliphatic carboxylic acids is 2. The van der Waals surface area contributed by atoms with E-state index in [9.17, 15) is 9.59 Å². The lowest BCUT2D eigenvalue weighted by atomic mass is 10.2. The fraction of sp³-hybridized carbons (Fsp3) is 0.556. The molecule has 6 nitrogen and oxygen atoms in total. The van der Waals surface area contributed by atoms with Crippen molar-refractivity contribution in [1.29, 1.82) is 0 Å². The smallest absolute Gasteiger partial charge is 0.303 e. The Morgan fingerprint density at radius 1 is 1.00 bits per heavy atom. The van der Waals surface area contributed by atoms with Crippen molar-refractivity contribution in [2.75, 3.05) is 6.61 Å². The first-order valence-electron chi connectivity index (χ1n) is 4.38. The number of hydrogen-bond donors (Lipinski definition) is 4. The molecular formula is C9H16O6. The number of aliphatic hydroxyl groups is 2. The molecule has 6 heteroatoms. The Morgan fingerprint density at radius 2 is 1.40 bits per heavy atom. The third-order valence-corrected chi connectivity index (χ3v) is 1.24. The number of aliphatic hydroxyl groups excluding tert-OH is 2. The highest BCUT2D eigenvalue weighted by Gasteiger charge is 1.99. The van der Waals surface area contributed by atoms with Gasteiger partial charge in [0.25, 0.3) is 0 Å². The molecule has 0 heterocycles. The molecule has 0 radical (unpaired) electrons. The molecule has 15 heavy (non-hydrogen) atoms. The number of unbranched alkanes of at least 4 members (excludes halogenated alkanes) is 1. The SMILES string of the molecule is O=C(O)CCCCC(=O)O.OC=CCO. The number of carboxylic acid groups (broad SMARTS) is 2. The van der Waals surface area contributed by atoms with Crippen LogP contribution in [0.2, 0.25) is 0 Å². The van der Waals surface area contributed by atoms with E-state index in [0.29, 0.717) is 12.8 Å². The second-order valence-electron chi connectivity index (χ2n) is 2.56. The van der Waals surface area contributed by atoms with Gasteiger partial charge in [0.15, 0.2) is 0 Å². The summed E-state index contributed by atoms with van der Waals surface area (Å²) < 4.78 is 0. The number of carboxylic acids is 2. The Morgan fingerprint density at radius 3 is 1.53 bits per heavy atom. The molecule has 0 atom stereocenters. The Kier molecular flexibility index (Phi) is 13.2. The Hall–Kier alpha value is -1.56. The van der Waals surface area contributed by atoms with E-state index in [2.05, 4.69) is 0 Å². The van der Waals surface area contributed by atoms with Gasteiger partial charge < -0.3 is 20.4 Å². The fourth-order valence-electron chi connectivity index (χ4n) is 0.600. The summed E-state index contributed by atoms with van der Waals surface area (Å²) >= 11 is 0. The minimum absolute atomic E-state index is 0.0628. The summed E-state index contributed by atoms with van der Waals surface area (Å²) in [7, 11) is 0. The van der Waals surface area contributed by atoms with Gasteiger partial charge in [-0.1, -0.05) is 0 Å². The second-order valence-corrected chi connectivity index (χ2v) is 2.56. The van der Waals surface area contributed by atoms with Crippen molar-refractivity contribution in [2.45, 2.75) is 25.7 Å². The fourth-order valence-corrected chi connectivity index (χ4v) is 0.600. The van der Waals surface area contributed by atoms with Gasteiger partial charge in [0.05, 0.1) is 12.9 Å². The molecular weight excluding hydrogens is 204 g/mol. The van der Waals surface area contributed by atoms with Crippen molar-refractivity contribution in [3.63, 3.8) is 0 Å². The predicted molar refractivity (Wildman–Crippen MR) is 52.6 cm³/mol. The monoisotopic (exact) mass is 220 g/mol. The first-order valence-corrected chi connectivity index (χ1v) is 4.38. The van der Waals surface area contributed by atoms with E-state index < -0.39 is 11.9 Å². The zero-order valence-electron chi connectivity index (χ0n) is 8.30. The van der Waals surface area contributed by atoms with E-state index in [1.807, 2.05) is 0 Å². The standard InChI is InChI=1S/C6H10O4.C3H6O2/c7-5(8)3-1-2-4-6(9)10;4-2-1-3-5/h1-4H2,(H,7,8)(H,9,10);1-2,4-5H,3H2. The summed E-state index contributed by atoms with van der Waals surface area (Å²) in [6.07, 6.45) is 3.06. The van der Waals surface area contributed by atoms with Crippen molar-refractivity contribution in [2.24, 2.45) is 0 Å². The maximum absolute atomic E-state index is 9.90. The highest BCUT2D eigenvalue weighted by Crippen LogP contribution is 1.98. The van der Waals surface area contributed by atoms with Gasteiger partial charge in [0.2, 0.25) is 0 Å². The van der Waals surface area contributed by atoms with Crippen LogP contribution in [0.3, 0.4) is 0 Å². The number of hydrogen-bond acceptors (Lipinski definition) is 4. The van der Waals surface area contributed by atoms with E-state index in [1.54, 1.807) is 0 Å². The molecule has 0 aliphatic rings. The summed E-state index contributed by atoms with van der Waals surface area (Å²) in [6, 6.07) is 0. The quantitative estimate of drug-likeness (QED) is 0.388. The molecule has 0 fully saturated rings. The first-order chi connectivity index (χ1) is 7.04. The first kappa shape index (κ1) is 15.9. The van der Waals surface area contributed by atoms with E-state index in [0.717, 1.165) is 6.26 Å². The van der Waals surface area contributed by atoms with Crippen LogP contribution in [0.1, 0.15) is 25.7 Å². The van der Waals surface area contributed by atoms with Gasteiger partial charge in [-0.05, 0) is 18.9 Å². The van der Waals surface area contributed by atoms with Crippen LogP contribution in [0.5, 0.6) is 0 Å². The van der Waals surface area contributed by atoms with Gasteiger partial charge in [-0.25, -0.2) is 0 Å². The summed E-state index contributed by atoms with van der Waals surface area (Å²) in [5, 5.41) is 31.8. The van der Waals surface area contributed by atoms with Crippen LogP contribution in [0, 0.1) is 0 Å². The summed E-state index contributed by atoms with van der Waals surface area (Å²) in [6.45, 7) is -0.0868. The molecule has 0 rings (SSSR count). The molecule has 4 N–H and O–H groups in total. The third-order valence-electron chi connectivity index (χ3n) is 1.24. The Balaban J connectivity index is 0. The molecule has 0 aliphatic heterocycles. The van der Waals surface area contributed by atoms with E-state index in [4.69, 9.17) is 20.4 Å². The summed E-state index contributed by atoms with van der Waals surface area (Å²) in [5.74, 6) is -1.74. The molecule has 0 bridgehead atoms. The molecule has 0 aromatic carbocycles. The molecule has 0 saturated heterocycles. The predicted octanol–water partition coefficient (Wildman–Crippen LogP) is 0.766. The van der Waals surface area contributed by atoms with Crippen LogP contribution in [0.25, 0.3) is 0 Å². The largest absolute Gasteiger partial charge is 0.516 e. The second kappa shape index (κ2) is 12.4. The van der Waals surface area contributed by atoms with Crippen LogP contribution >= 0.6 is 0 Å². The van der Waals surface area contributed by atoms with Gasteiger partial charge in [-0.3, -0.25) is 9.59 Å². The molecule has 0 amide bonds. The minimum Gasteiger partial charge on any atom is -0.516 e. The van der Waals surface area contributed by atoms with Gasteiger partial charge >= 0.3 is 11.9 Å². The van der Waals surface area contributed by atoms with Crippen LogP contribution in [0.4, 0.5) is 0 Å². The molecule has 0 saturated carbocycles. The van der Waals surface area contributed by atoms with E-state index in [1.165, 1.54) is 6.08 Å². The van der Waals surface area contributed by atoms with Crippen molar-refractivity contribution < 1.29 is 30.0 Å². The van der Waals surface area contributed by atoms with E-state index in [-0.39, 0.29) is 19.4 Å². The Labute approximate surface area is 87.5 Å². The summed E-state index contributed by atoms with van der Waals surface area (Å²) in [4.78, 5) is 19.8. The average molecular weight is 220 g/mol. The van der Waals surface area contributed by atoms with Gasteiger partial charge in [0, 0.05) is 12.8 Å². The lowest BCUT2D eigenvalue weighted by Gasteiger charge is -1.92. The van der Waals surface area contributed by atoms with Crippen molar-refractivity contribution in [1.82, 2.24) is 0 Å². The van der Waals surface area contributed by atoms with Crippen LogP contribution in [-0.4, -0.2) is 39.0 Å². The van der Waals surface area contributed by atoms with Gasteiger partial charge in [0.1, 0.15) is 0 Å². The lowest BCUT2D eigenvalue weighted by Crippen LogP contribution is -1.97. The average Bonchev–Trinajstić information content (AvgIpc) is 2.14. The van der Waals surface area contributed by atoms with Crippen molar-refractivity contribution in [3.8, 4) is 0 Å². The Bertz CT molecular complexity index is 183. The third kappa shape index (κ3) is 24.5. The number of rotatable bonds is 6. The molecule has 88 valence electrons. The molecule has 0 unspecified atom stereocenters. The van der Waals surface area contributed by atoms with Gasteiger partial charge in [-0.2, -0.15) is 0 Å². The zero-order chi connectivity index (χ0) is 12.1. The normalized spacial score (nSPS) is 9.40. The van der Waals surface area contributed by atoms with Gasteiger partial charge in [-0.15, -0.1) is 0 Å². The zero-order valence-corrected chi connectivity index (χ0v) is 8.30. The molecule has 0 spiro atoms. The number of carbonyl (C=O) groups is 2. The highest BCUT2D eigenvalue weighted by atomic mass is 16.4. The van der Waals surface area contributed by atoms with Crippen LogP contribution < -0.4 is 0 Å². The highest BCUT2D eigenvalue weighted by molar-refractivity contribution is 5.67. The lowest BCUT2D eigenvalue weighted by molar-refractivity contribution is -0.139. The van der Waals surface area contributed by atoms with E-state index >= 15 is 0 Å². The van der Waals surface area contributed by atoms with Crippen molar-refractivity contribution >= 4 is 11.9 Å².